The summed E-state index contributed by atoms with van der Waals surface area (Å²) in [5.74, 6) is -0.790. The third-order valence-electron chi connectivity index (χ3n) is 4.38. The van der Waals surface area contributed by atoms with Gasteiger partial charge < -0.3 is 19.5 Å². The lowest BCUT2D eigenvalue weighted by atomic mass is 10.1. The third kappa shape index (κ3) is 4.63. The molecule has 9 nitrogen and oxygen atoms in total. The van der Waals surface area contributed by atoms with Crippen molar-refractivity contribution in [3.63, 3.8) is 0 Å². The molecule has 0 unspecified atom stereocenters. The van der Waals surface area contributed by atoms with Crippen molar-refractivity contribution in [2.45, 2.75) is 6.18 Å². The molecule has 1 aromatic heterocycles. The molecule has 166 valence electrons. The number of carbonyl (C=O) groups excluding carboxylic acids is 2. The van der Waals surface area contributed by atoms with Gasteiger partial charge in [0.25, 0.3) is 5.91 Å². The molecule has 32 heavy (non-hydrogen) atoms. The molecule has 3 aromatic rings. The number of nitrogens with one attached hydrogen (secondary N) is 1. The monoisotopic (exact) mass is 448 g/mol. The lowest BCUT2D eigenvalue weighted by molar-refractivity contribution is -0.137. The topological polar surface area (TPSA) is 105 Å². The van der Waals surface area contributed by atoms with Gasteiger partial charge in [0.1, 0.15) is 25.9 Å². The molecule has 0 radical (unpaired) electrons. The maximum absolute atomic E-state index is 13.1. The van der Waals surface area contributed by atoms with E-state index in [1.165, 1.54) is 35.5 Å². The zero-order valence-electron chi connectivity index (χ0n) is 16.3. The second kappa shape index (κ2) is 8.57. The van der Waals surface area contributed by atoms with Crippen molar-refractivity contribution in [2.75, 3.05) is 25.1 Å². The first-order chi connectivity index (χ1) is 15.3. The van der Waals surface area contributed by atoms with Gasteiger partial charge in [-0.2, -0.15) is 18.3 Å². The summed E-state index contributed by atoms with van der Waals surface area (Å²) in [5.41, 5.74) is -0.859. The van der Waals surface area contributed by atoms with Crippen LogP contribution in [0.4, 0.5) is 18.9 Å². The quantitative estimate of drug-likeness (QED) is 0.599. The van der Waals surface area contributed by atoms with Crippen molar-refractivity contribution >= 4 is 17.6 Å². The van der Waals surface area contributed by atoms with E-state index in [9.17, 15) is 22.8 Å². The summed E-state index contributed by atoms with van der Waals surface area (Å²) in [6.07, 6.45) is -2.16. The fourth-order valence-corrected chi connectivity index (χ4v) is 2.92. The molecule has 1 aliphatic heterocycles. The van der Waals surface area contributed by atoms with Crippen LogP contribution in [0.15, 0.2) is 49.1 Å². The molecule has 12 heteroatoms. The Morgan fingerprint density at radius 3 is 2.59 bits per heavy atom. The van der Waals surface area contributed by atoms with E-state index in [0.29, 0.717) is 24.7 Å². The lowest BCUT2D eigenvalue weighted by Crippen LogP contribution is -2.22. The molecule has 0 saturated heterocycles. The van der Waals surface area contributed by atoms with Gasteiger partial charge in [-0.3, -0.25) is 4.79 Å². The first-order valence-electron chi connectivity index (χ1n) is 9.24. The summed E-state index contributed by atoms with van der Waals surface area (Å²) in [4.78, 5) is 28.3. The number of alkyl halides is 3. The Kier molecular flexibility index (Phi) is 5.67. The maximum atomic E-state index is 13.1. The standard InChI is InChI=1S/C20H15F3N4O5/c21-20(22,23)13-2-3-15(27-11-24-10-25-27)14(8-13)26-18(28)9-32-19(29)12-1-4-16-17(7-12)31-6-5-30-16/h1-4,7-8,10-11H,5-6,9H2,(H,26,28). The predicted octanol–water partition coefficient (Wildman–Crippen LogP) is 2.85. The average Bonchev–Trinajstić information content (AvgIpc) is 3.31. The molecular weight excluding hydrogens is 433 g/mol. The summed E-state index contributed by atoms with van der Waals surface area (Å²) >= 11 is 0. The second-order valence-electron chi connectivity index (χ2n) is 6.55. The SMILES string of the molecule is O=C(COC(=O)c1ccc2c(c1)OCCO2)Nc1cc(C(F)(F)F)ccc1-n1cncn1. The Balaban J connectivity index is 1.46. The van der Waals surface area contributed by atoms with E-state index in [0.717, 1.165) is 18.2 Å². The second-order valence-corrected chi connectivity index (χ2v) is 6.55. The Bertz CT molecular complexity index is 1150. The van der Waals surface area contributed by atoms with Gasteiger partial charge >= 0.3 is 12.1 Å². The first-order valence-corrected chi connectivity index (χ1v) is 9.24. The minimum Gasteiger partial charge on any atom is -0.486 e. The maximum Gasteiger partial charge on any atom is 0.416 e. The number of benzene rings is 2. The minimum absolute atomic E-state index is 0.129. The molecule has 0 bridgehead atoms. The first kappa shape index (κ1) is 21.2. The van der Waals surface area contributed by atoms with Crippen molar-refractivity contribution in [3.8, 4) is 17.2 Å². The highest BCUT2D eigenvalue weighted by atomic mass is 19.4. The number of ether oxygens (including phenoxy) is 3. The van der Waals surface area contributed by atoms with Crippen LogP contribution in [0, 0.1) is 0 Å². The zero-order valence-corrected chi connectivity index (χ0v) is 16.3. The number of carbonyl (C=O) groups is 2. The highest BCUT2D eigenvalue weighted by molar-refractivity contribution is 5.97. The average molecular weight is 448 g/mol. The van der Waals surface area contributed by atoms with Crippen LogP contribution < -0.4 is 14.8 Å². The van der Waals surface area contributed by atoms with Crippen LogP contribution in [-0.4, -0.2) is 46.5 Å². The molecule has 0 aliphatic carbocycles. The summed E-state index contributed by atoms with van der Waals surface area (Å²) < 4.78 is 56.2. The molecule has 1 amide bonds. The number of fused-ring (bicyclic) bond motifs is 1. The minimum atomic E-state index is -4.62. The Morgan fingerprint density at radius 2 is 1.88 bits per heavy atom. The van der Waals surface area contributed by atoms with Crippen LogP contribution in [0.5, 0.6) is 11.5 Å². The van der Waals surface area contributed by atoms with Crippen molar-refractivity contribution in [1.29, 1.82) is 0 Å². The molecule has 1 N–H and O–H groups in total. The molecule has 1 aliphatic rings. The van der Waals surface area contributed by atoms with E-state index in [4.69, 9.17) is 14.2 Å². The summed E-state index contributed by atoms with van der Waals surface area (Å²) in [7, 11) is 0. The van der Waals surface area contributed by atoms with Crippen molar-refractivity contribution < 1.29 is 37.0 Å². The number of nitrogens with zero attached hydrogens (tertiary/aromatic N) is 3. The van der Waals surface area contributed by atoms with Gasteiger partial charge in [0.2, 0.25) is 0 Å². The summed E-state index contributed by atoms with van der Waals surface area (Å²) in [5, 5.41) is 6.18. The number of rotatable bonds is 5. The number of halogens is 3. The highest BCUT2D eigenvalue weighted by Crippen LogP contribution is 2.33. The third-order valence-corrected chi connectivity index (χ3v) is 4.38. The molecule has 0 spiro atoms. The Morgan fingerprint density at radius 1 is 1.09 bits per heavy atom. The number of amides is 1. The largest absolute Gasteiger partial charge is 0.486 e. The van der Waals surface area contributed by atoms with Crippen LogP contribution in [0.2, 0.25) is 0 Å². The van der Waals surface area contributed by atoms with Gasteiger partial charge in [0.15, 0.2) is 18.1 Å². The van der Waals surface area contributed by atoms with E-state index in [1.54, 1.807) is 0 Å². The number of hydrogen-bond acceptors (Lipinski definition) is 7. The van der Waals surface area contributed by atoms with Gasteiger partial charge in [-0.25, -0.2) is 14.5 Å². The summed E-state index contributed by atoms with van der Waals surface area (Å²) in [6.45, 7) is 0.00239. The lowest BCUT2D eigenvalue weighted by Gasteiger charge is -2.18. The normalized spacial score (nSPS) is 12.8. The smallest absolute Gasteiger partial charge is 0.416 e. The van der Waals surface area contributed by atoms with Gasteiger partial charge in [-0.15, -0.1) is 0 Å². The van der Waals surface area contributed by atoms with Crippen LogP contribution in [0.3, 0.4) is 0 Å². The predicted molar refractivity (Wildman–Crippen MR) is 103 cm³/mol. The van der Waals surface area contributed by atoms with E-state index in [1.807, 2.05) is 0 Å². The van der Waals surface area contributed by atoms with Crippen LogP contribution >= 0.6 is 0 Å². The fraction of sp³-hybridized carbons (Fsp3) is 0.200. The Labute approximate surface area is 178 Å². The van der Waals surface area contributed by atoms with Gasteiger partial charge in [0, 0.05) is 0 Å². The van der Waals surface area contributed by atoms with Gasteiger partial charge in [-0.1, -0.05) is 0 Å². The van der Waals surface area contributed by atoms with E-state index in [-0.39, 0.29) is 16.9 Å². The summed E-state index contributed by atoms with van der Waals surface area (Å²) in [6, 6.07) is 7.17. The highest BCUT2D eigenvalue weighted by Gasteiger charge is 2.31. The Hall–Kier alpha value is -4.09. The molecule has 0 saturated carbocycles. The van der Waals surface area contributed by atoms with Crippen LogP contribution in [0.1, 0.15) is 15.9 Å². The fourth-order valence-electron chi connectivity index (χ4n) is 2.92. The van der Waals surface area contributed by atoms with Crippen molar-refractivity contribution in [1.82, 2.24) is 14.8 Å². The molecule has 2 aromatic carbocycles. The van der Waals surface area contributed by atoms with E-state index in [2.05, 4.69) is 15.4 Å². The van der Waals surface area contributed by atoms with Crippen LogP contribution in [-0.2, 0) is 15.7 Å². The van der Waals surface area contributed by atoms with Crippen molar-refractivity contribution in [2.24, 2.45) is 0 Å². The molecule has 2 heterocycles. The number of aromatic nitrogens is 3. The number of anilines is 1. The van der Waals surface area contributed by atoms with Gasteiger partial charge in [0.05, 0.1) is 22.5 Å². The van der Waals surface area contributed by atoms with Gasteiger partial charge in [-0.05, 0) is 36.4 Å². The van der Waals surface area contributed by atoms with E-state index < -0.39 is 30.2 Å². The van der Waals surface area contributed by atoms with Crippen molar-refractivity contribution in [3.05, 3.63) is 60.2 Å². The van der Waals surface area contributed by atoms with E-state index >= 15 is 0 Å². The zero-order chi connectivity index (χ0) is 22.7. The molecule has 0 atom stereocenters. The number of esters is 1. The van der Waals surface area contributed by atoms with Crippen LogP contribution in [0.25, 0.3) is 5.69 Å². The molecular formula is C20H15F3N4O5. The number of hydrogen-bond donors (Lipinski definition) is 1. The molecule has 4 rings (SSSR count). The molecule has 0 fully saturated rings.